The molecular formula is C22H34O7. The predicted octanol–water partition coefficient (Wildman–Crippen LogP) is 2.15. The Bertz CT molecular complexity index is 729. The molecule has 0 amide bonds. The minimum atomic E-state index is -1.00. The second-order valence-corrected chi connectivity index (χ2v) is 10.3. The first-order chi connectivity index (χ1) is 13.4. The van der Waals surface area contributed by atoms with Crippen molar-refractivity contribution in [3.8, 4) is 0 Å². The Morgan fingerprint density at radius 3 is 2.45 bits per heavy atom. The van der Waals surface area contributed by atoms with Gasteiger partial charge in [-0.05, 0) is 47.0 Å². The predicted molar refractivity (Wildman–Crippen MR) is 104 cm³/mol. The van der Waals surface area contributed by atoms with Gasteiger partial charge in [-0.2, -0.15) is 0 Å². The van der Waals surface area contributed by atoms with E-state index < -0.39 is 40.7 Å². The van der Waals surface area contributed by atoms with E-state index in [0.717, 1.165) is 6.42 Å². The van der Waals surface area contributed by atoms with Gasteiger partial charge in [-0.25, -0.2) is 0 Å². The monoisotopic (exact) mass is 410 g/mol. The first-order valence-electron chi connectivity index (χ1n) is 10.5. The summed E-state index contributed by atoms with van der Waals surface area (Å²) in [6.45, 7) is 7.32. The molecule has 8 atom stereocenters. The molecule has 2 N–H and O–H groups in total. The highest BCUT2D eigenvalue weighted by Gasteiger charge is 2.71. The Hall–Kier alpha value is -0.990. The third-order valence-corrected chi connectivity index (χ3v) is 8.24. The van der Waals surface area contributed by atoms with E-state index >= 15 is 0 Å². The fourth-order valence-corrected chi connectivity index (χ4v) is 6.82. The molecule has 0 radical (unpaired) electrons. The smallest absolute Gasteiger partial charge is 0.211 e. The van der Waals surface area contributed by atoms with Gasteiger partial charge in [0.2, 0.25) is 6.29 Å². The van der Waals surface area contributed by atoms with Crippen LogP contribution in [0.5, 0.6) is 0 Å². The Morgan fingerprint density at radius 2 is 1.83 bits per heavy atom. The number of ketones is 1. The molecule has 7 nitrogen and oxygen atoms in total. The van der Waals surface area contributed by atoms with Gasteiger partial charge in [0.1, 0.15) is 5.60 Å². The van der Waals surface area contributed by atoms with Crippen LogP contribution in [0.15, 0.2) is 11.8 Å². The van der Waals surface area contributed by atoms with Crippen LogP contribution in [0.3, 0.4) is 0 Å². The lowest BCUT2D eigenvalue weighted by Gasteiger charge is -2.58. The third kappa shape index (κ3) is 2.71. The van der Waals surface area contributed by atoms with E-state index in [9.17, 15) is 15.0 Å². The molecule has 7 heteroatoms. The highest BCUT2D eigenvalue weighted by atomic mass is 16.7. The number of carbonyl (C=O) groups excluding carboxylic acids is 1. The lowest BCUT2D eigenvalue weighted by atomic mass is 9.55. The molecule has 0 aromatic rings. The van der Waals surface area contributed by atoms with Crippen molar-refractivity contribution in [3.05, 3.63) is 11.8 Å². The van der Waals surface area contributed by atoms with Crippen LogP contribution in [0.1, 0.15) is 53.4 Å². The van der Waals surface area contributed by atoms with E-state index in [2.05, 4.69) is 0 Å². The van der Waals surface area contributed by atoms with Crippen molar-refractivity contribution in [2.75, 3.05) is 14.2 Å². The van der Waals surface area contributed by atoms with Crippen LogP contribution in [-0.4, -0.2) is 60.1 Å². The highest BCUT2D eigenvalue weighted by molar-refractivity contribution is 6.02. The maximum Gasteiger partial charge on any atom is 0.211 e. The summed E-state index contributed by atoms with van der Waals surface area (Å²) in [4.78, 5) is 13.5. The van der Waals surface area contributed by atoms with Crippen molar-refractivity contribution in [2.24, 2.45) is 22.7 Å². The van der Waals surface area contributed by atoms with E-state index in [-0.39, 0.29) is 17.6 Å². The molecule has 164 valence electrons. The average molecular weight is 411 g/mol. The molecule has 2 aliphatic heterocycles. The number of rotatable bonds is 3. The lowest BCUT2D eigenvalue weighted by Crippen LogP contribution is -2.63. The average Bonchev–Trinajstić information content (AvgIpc) is 2.75. The van der Waals surface area contributed by atoms with Crippen LogP contribution in [0.25, 0.3) is 0 Å². The zero-order chi connectivity index (χ0) is 21.4. The van der Waals surface area contributed by atoms with Gasteiger partial charge in [0, 0.05) is 37.9 Å². The number of carbonyl (C=O) groups is 1. The Labute approximate surface area is 172 Å². The van der Waals surface area contributed by atoms with Gasteiger partial charge >= 0.3 is 0 Å². The first-order valence-corrected chi connectivity index (χ1v) is 10.5. The number of Topliss-reactive ketones (excluding diaryl/α,β-unsaturated/α-hetero) is 1. The van der Waals surface area contributed by atoms with E-state index in [1.807, 2.05) is 13.8 Å². The molecule has 3 fully saturated rings. The van der Waals surface area contributed by atoms with Crippen molar-refractivity contribution in [2.45, 2.75) is 83.3 Å². The van der Waals surface area contributed by atoms with E-state index in [1.165, 1.54) is 13.4 Å². The zero-order valence-electron chi connectivity index (χ0n) is 18.2. The Balaban J connectivity index is 1.81. The van der Waals surface area contributed by atoms with Crippen LogP contribution < -0.4 is 0 Å². The van der Waals surface area contributed by atoms with Crippen molar-refractivity contribution < 1.29 is 34.0 Å². The molecule has 4 aliphatic rings. The number of aliphatic hydroxyl groups is 2. The molecule has 29 heavy (non-hydrogen) atoms. The van der Waals surface area contributed by atoms with Gasteiger partial charge in [0.25, 0.3) is 0 Å². The topological polar surface area (TPSA) is 94.5 Å². The fraction of sp³-hybridized carbons (Fsp3) is 0.864. The molecule has 4 rings (SSSR count). The first kappa shape index (κ1) is 21.2. The summed E-state index contributed by atoms with van der Waals surface area (Å²) >= 11 is 0. The summed E-state index contributed by atoms with van der Waals surface area (Å²) in [6.07, 6.45) is 1.93. The summed E-state index contributed by atoms with van der Waals surface area (Å²) in [5.41, 5.74) is -2.97. The van der Waals surface area contributed by atoms with Gasteiger partial charge in [-0.15, -0.1) is 0 Å². The fourth-order valence-electron chi connectivity index (χ4n) is 6.82. The maximum absolute atomic E-state index is 13.5. The summed E-state index contributed by atoms with van der Waals surface area (Å²) in [5.74, 6) is -0.415. The van der Waals surface area contributed by atoms with Crippen LogP contribution in [-0.2, 0) is 23.7 Å². The molecule has 2 saturated carbocycles. The molecule has 1 unspecified atom stereocenters. The molecule has 2 aliphatic carbocycles. The van der Waals surface area contributed by atoms with Crippen molar-refractivity contribution in [3.63, 3.8) is 0 Å². The quantitative estimate of drug-likeness (QED) is 0.736. The number of aliphatic hydroxyl groups excluding tert-OH is 1. The van der Waals surface area contributed by atoms with Crippen molar-refractivity contribution in [1.82, 2.24) is 0 Å². The van der Waals surface area contributed by atoms with Gasteiger partial charge in [0.05, 0.1) is 29.0 Å². The van der Waals surface area contributed by atoms with Gasteiger partial charge in [-0.1, -0.05) is 0 Å². The minimum absolute atomic E-state index is 0.0913. The van der Waals surface area contributed by atoms with E-state index in [0.29, 0.717) is 24.8 Å². The molecule has 0 aromatic heterocycles. The Morgan fingerprint density at radius 1 is 1.14 bits per heavy atom. The third-order valence-electron chi connectivity index (χ3n) is 8.24. The van der Waals surface area contributed by atoms with E-state index in [1.54, 1.807) is 21.0 Å². The summed E-state index contributed by atoms with van der Waals surface area (Å²) in [7, 11) is 3.09. The second kappa shape index (κ2) is 6.50. The standard InChI is InChI=1S/C22H34O7/c1-19(2)16(23)13(10-28-18(19)27-6)21(4)14-8-7-12-17(24)22(14,11-20(12,3)25)9-15(26-5)29-21/h10,12,14-15,17-18,24-25H,7-9,11H2,1-6H3/t12-,14+,15+,17+,18+,20-,21+,22?/m1/s1. The van der Waals surface area contributed by atoms with Gasteiger partial charge < -0.3 is 29.2 Å². The molecular weight excluding hydrogens is 376 g/mol. The summed E-state index contributed by atoms with van der Waals surface area (Å²) in [6, 6.07) is 0. The normalized spacial score (nSPS) is 51.2. The SMILES string of the molecule is CO[C@@H]1CC23C[C@@](C)(O)[C@H](CC[C@H]2[C@](C)(C2=CO[C@H](OC)C(C)(C)C2=O)O1)[C@@H]3O. The van der Waals surface area contributed by atoms with Crippen LogP contribution in [0.4, 0.5) is 0 Å². The van der Waals surface area contributed by atoms with Gasteiger partial charge in [0.15, 0.2) is 12.1 Å². The van der Waals surface area contributed by atoms with E-state index in [4.69, 9.17) is 18.9 Å². The Kier molecular flexibility index (Phi) is 4.76. The van der Waals surface area contributed by atoms with Crippen LogP contribution in [0, 0.1) is 22.7 Å². The number of ether oxygens (including phenoxy) is 4. The summed E-state index contributed by atoms with van der Waals surface area (Å²) < 4.78 is 23.2. The molecule has 0 aromatic carbocycles. The number of fused-ring (bicyclic) bond motifs is 1. The van der Waals surface area contributed by atoms with Crippen LogP contribution in [0.2, 0.25) is 0 Å². The van der Waals surface area contributed by atoms with Crippen LogP contribution >= 0.6 is 0 Å². The molecule has 2 heterocycles. The number of hydrogen-bond acceptors (Lipinski definition) is 7. The number of methoxy groups -OCH3 is 2. The van der Waals surface area contributed by atoms with Crippen molar-refractivity contribution in [1.29, 1.82) is 0 Å². The highest BCUT2D eigenvalue weighted by Crippen LogP contribution is 2.67. The molecule has 1 saturated heterocycles. The maximum atomic E-state index is 13.5. The van der Waals surface area contributed by atoms with Gasteiger partial charge in [-0.3, -0.25) is 4.79 Å². The minimum Gasteiger partial charge on any atom is -0.471 e. The number of hydrogen-bond donors (Lipinski definition) is 2. The largest absolute Gasteiger partial charge is 0.471 e. The zero-order valence-corrected chi connectivity index (χ0v) is 18.2. The summed E-state index contributed by atoms with van der Waals surface area (Å²) in [5, 5.41) is 22.3. The lowest BCUT2D eigenvalue weighted by molar-refractivity contribution is -0.287. The second-order valence-electron chi connectivity index (χ2n) is 10.3. The van der Waals surface area contributed by atoms with Crippen molar-refractivity contribution >= 4 is 5.78 Å². The molecule has 1 spiro atoms. The molecule has 2 bridgehead atoms.